The molecule has 8 heteroatoms. The number of hydrogen-bond donors (Lipinski definition) is 1. The first kappa shape index (κ1) is 14.9. The van der Waals surface area contributed by atoms with E-state index in [0.717, 1.165) is 7.11 Å². The van der Waals surface area contributed by atoms with Crippen molar-refractivity contribution >= 4 is 16.3 Å². The molecule has 1 aromatic rings. The lowest BCUT2D eigenvalue weighted by Crippen LogP contribution is -2.34. The van der Waals surface area contributed by atoms with Gasteiger partial charge in [0.1, 0.15) is 0 Å². The maximum Gasteiger partial charge on any atom is 0.397 e. The summed E-state index contributed by atoms with van der Waals surface area (Å²) < 4.78 is 33.9. The van der Waals surface area contributed by atoms with Crippen molar-refractivity contribution in [2.45, 2.75) is 0 Å². The second-order valence-corrected chi connectivity index (χ2v) is 4.50. The van der Waals surface area contributed by atoms with Crippen molar-refractivity contribution in [3.63, 3.8) is 0 Å². The summed E-state index contributed by atoms with van der Waals surface area (Å²) in [6, 6.07) is 0. The molecule has 1 aromatic heterocycles. The number of aryl methyl sites for hydroxylation is 2. The van der Waals surface area contributed by atoms with Crippen molar-refractivity contribution in [2.24, 2.45) is 14.1 Å². The van der Waals surface area contributed by atoms with E-state index in [0.29, 0.717) is 0 Å². The zero-order valence-corrected chi connectivity index (χ0v) is 10.9. The van der Waals surface area contributed by atoms with E-state index in [4.69, 9.17) is 4.55 Å². The molecule has 0 aliphatic rings. The van der Waals surface area contributed by atoms with Gasteiger partial charge in [-0.05, 0) is 0 Å². The van der Waals surface area contributed by atoms with Crippen LogP contribution in [0.15, 0.2) is 12.4 Å². The van der Waals surface area contributed by atoms with Crippen LogP contribution in [-0.2, 0) is 28.7 Å². The Morgan fingerprint density at radius 3 is 2.06 bits per heavy atom. The van der Waals surface area contributed by atoms with Crippen LogP contribution in [0.4, 0.5) is 5.95 Å². The number of imidazole rings is 1. The van der Waals surface area contributed by atoms with Crippen LogP contribution in [0.2, 0.25) is 0 Å². The van der Waals surface area contributed by atoms with E-state index >= 15 is 0 Å². The van der Waals surface area contributed by atoms with Gasteiger partial charge in [-0.1, -0.05) is 0 Å². The van der Waals surface area contributed by atoms with Gasteiger partial charge in [0, 0.05) is 0 Å². The lowest BCUT2D eigenvalue weighted by molar-refractivity contribution is -0.657. The minimum atomic E-state index is -4.16. The van der Waals surface area contributed by atoms with Gasteiger partial charge in [0.25, 0.3) is 0 Å². The highest BCUT2D eigenvalue weighted by Crippen LogP contribution is 2.00. The smallest absolute Gasteiger partial charge is 0.270 e. The summed E-state index contributed by atoms with van der Waals surface area (Å²) in [5.41, 5.74) is 0. The lowest BCUT2D eigenvalue weighted by Gasteiger charge is -2.05. The maximum atomic E-state index is 9.33. The first-order valence-electron chi connectivity index (χ1n) is 4.40. The average Bonchev–Trinajstić information content (AvgIpc) is 2.46. The Balaban J connectivity index is 0.000000325. The number of nitrogens with zero attached hydrogens (tertiary/aromatic N) is 3. The molecule has 0 saturated heterocycles. The largest absolute Gasteiger partial charge is 0.397 e. The molecule has 0 fully saturated rings. The van der Waals surface area contributed by atoms with Crippen molar-refractivity contribution in [1.82, 2.24) is 4.57 Å². The summed E-state index contributed by atoms with van der Waals surface area (Å²) in [5, 5.41) is 0. The van der Waals surface area contributed by atoms with Crippen LogP contribution in [0.3, 0.4) is 0 Å². The standard InChI is InChI=1S/C7H14N3.CH4O4S/c1-8(2)7-9(3)5-6-10(7)4;1-5-6(2,3)4/h5-6H,1-4H3;1H3,(H,2,3,4)/q+1;. The van der Waals surface area contributed by atoms with Crippen LogP contribution in [0, 0.1) is 0 Å². The van der Waals surface area contributed by atoms with Gasteiger partial charge in [-0.15, -0.1) is 0 Å². The van der Waals surface area contributed by atoms with E-state index in [-0.39, 0.29) is 0 Å². The topological polar surface area (TPSA) is 75.7 Å². The minimum absolute atomic E-state index is 0.870. The number of rotatable bonds is 2. The predicted molar refractivity (Wildman–Crippen MR) is 59.5 cm³/mol. The molecule has 0 aliphatic heterocycles. The van der Waals surface area contributed by atoms with E-state index in [1.165, 1.54) is 5.95 Å². The third-order valence-electron chi connectivity index (χ3n) is 1.76. The monoisotopic (exact) mass is 252 g/mol. The Labute approximate surface area is 95.8 Å². The molecular weight excluding hydrogens is 234 g/mol. The van der Waals surface area contributed by atoms with E-state index in [1.807, 2.05) is 40.6 Å². The third kappa shape index (κ3) is 5.10. The van der Waals surface area contributed by atoms with Crippen molar-refractivity contribution < 1.29 is 21.7 Å². The van der Waals surface area contributed by atoms with Gasteiger partial charge < -0.3 is 0 Å². The first-order valence-corrected chi connectivity index (χ1v) is 5.77. The molecule has 0 unspecified atom stereocenters. The van der Waals surface area contributed by atoms with Crippen LogP contribution in [-0.4, -0.2) is 38.7 Å². The van der Waals surface area contributed by atoms with Crippen LogP contribution in [0.25, 0.3) is 0 Å². The van der Waals surface area contributed by atoms with Crippen LogP contribution in [0.1, 0.15) is 0 Å². The molecule has 1 heterocycles. The van der Waals surface area contributed by atoms with E-state index in [2.05, 4.69) is 18.2 Å². The molecule has 0 saturated carbocycles. The normalized spacial score (nSPS) is 10.6. The zero-order valence-electron chi connectivity index (χ0n) is 10.1. The summed E-state index contributed by atoms with van der Waals surface area (Å²) in [7, 11) is 4.86. The summed E-state index contributed by atoms with van der Waals surface area (Å²) in [5.74, 6) is 1.19. The number of aromatic nitrogens is 2. The van der Waals surface area contributed by atoms with Gasteiger partial charge in [-0.2, -0.15) is 8.42 Å². The molecule has 0 atom stereocenters. The molecule has 0 aromatic carbocycles. The summed E-state index contributed by atoms with van der Waals surface area (Å²) >= 11 is 0. The summed E-state index contributed by atoms with van der Waals surface area (Å²) in [6.07, 6.45) is 4.07. The van der Waals surface area contributed by atoms with Crippen molar-refractivity contribution in [3.05, 3.63) is 12.4 Å². The molecule has 0 spiro atoms. The van der Waals surface area contributed by atoms with Gasteiger partial charge in [-0.25, -0.2) is 9.13 Å². The highest BCUT2D eigenvalue weighted by atomic mass is 32.3. The molecule has 1 rings (SSSR count). The van der Waals surface area contributed by atoms with Gasteiger partial charge in [-0.3, -0.25) is 13.6 Å². The second kappa shape index (κ2) is 5.83. The molecule has 0 aliphatic carbocycles. The molecule has 0 amide bonds. The molecule has 1 N–H and O–H groups in total. The minimum Gasteiger partial charge on any atom is -0.270 e. The SMILES string of the molecule is CN(C)c1n(C)cc[n+]1C.COS(=O)(=O)O. The molecule has 0 radical (unpaired) electrons. The average molecular weight is 252 g/mol. The second-order valence-electron chi connectivity index (χ2n) is 3.31. The van der Waals surface area contributed by atoms with Gasteiger partial charge >= 0.3 is 16.3 Å². The van der Waals surface area contributed by atoms with E-state index < -0.39 is 10.4 Å². The fraction of sp³-hybridized carbons (Fsp3) is 0.625. The fourth-order valence-corrected chi connectivity index (χ4v) is 1.21. The van der Waals surface area contributed by atoms with Gasteiger partial charge in [0.05, 0.1) is 47.7 Å². The third-order valence-corrected chi connectivity index (χ3v) is 2.18. The Morgan fingerprint density at radius 1 is 1.50 bits per heavy atom. The van der Waals surface area contributed by atoms with Gasteiger partial charge in [0.2, 0.25) is 0 Å². The predicted octanol–water partition coefficient (Wildman–Crippen LogP) is -0.649. The van der Waals surface area contributed by atoms with Crippen molar-refractivity contribution in [3.8, 4) is 0 Å². The van der Waals surface area contributed by atoms with Crippen molar-refractivity contribution in [2.75, 3.05) is 26.1 Å². The first-order chi connectivity index (χ1) is 7.19. The molecule has 94 valence electrons. The summed E-state index contributed by atoms with van der Waals surface area (Å²) in [6.45, 7) is 0. The Bertz CT molecular complexity index is 405. The molecular formula is C8H18N3O4S+. The van der Waals surface area contributed by atoms with E-state index in [9.17, 15) is 8.42 Å². The van der Waals surface area contributed by atoms with Crippen LogP contribution in [0.5, 0.6) is 0 Å². The fourth-order valence-electron chi connectivity index (χ4n) is 1.21. The van der Waals surface area contributed by atoms with E-state index in [1.54, 1.807) is 0 Å². The maximum absolute atomic E-state index is 9.33. The molecule has 16 heavy (non-hydrogen) atoms. The Kier molecular flexibility index (Phi) is 5.42. The number of hydrogen-bond acceptors (Lipinski definition) is 4. The molecule has 7 nitrogen and oxygen atoms in total. The van der Waals surface area contributed by atoms with Gasteiger partial charge in [0.15, 0.2) is 0 Å². The Hall–Kier alpha value is -1.12. The van der Waals surface area contributed by atoms with Crippen LogP contribution >= 0.6 is 0 Å². The summed E-state index contributed by atoms with van der Waals surface area (Å²) in [4.78, 5) is 2.08. The van der Waals surface area contributed by atoms with Crippen molar-refractivity contribution in [1.29, 1.82) is 0 Å². The zero-order chi connectivity index (χ0) is 12.9. The van der Waals surface area contributed by atoms with Crippen LogP contribution < -0.4 is 9.47 Å². The number of anilines is 1. The highest BCUT2D eigenvalue weighted by Gasteiger charge is 2.11. The molecule has 0 bridgehead atoms. The lowest BCUT2D eigenvalue weighted by atomic mass is 10.8. The Morgan fingerprint density at radius 2 is 1.94 bits per heavy atom. The highest BCUT2D eigenvalue weighted by molar-refractivity contribution is 7.80. The quantitative estimate of drug-likeness (QED) is 0.559.